The zero-order valence-corrected chi connectivity index (χ0v) is 13.9. The Morgan fingerprint density at radius 2 is 2.00 bits per heavy atom. The van der Waals surface area contributed by atoms with E-state index in [9.17, 15) is 8.42 Å². The van der Waals surface area contributed by atoms with Crippen molar-refractivity contribution in [1.29, 1.82) is 0 Å². The van der Waals surface area contributed by atoms with Gasteiger partial charge in [0, 0.05) is 24.0 Å². The van der Waals surface area contributed by atoms with Crippen LogP contribution in [-0.2, 0) is 27.3 Å². The van der Waals surface area contributed by atoms with Gasteiger partial charge < -0.3 is 4.57 Å². The number of nitrogens with zero attached hydrogens (tertiary/aromatic N) is 2. The summed E-state index contributed by atoms with van der Waals surface area (Å²) in [6.45, 7) is 0.667. The second kappa shape index (κ2) is 7.76. The molecule has 120 valence electrons. The van der Waals surface area contributed by atoms with Gasteiger partial charge in [0.1, 0.15) is 0 Å². The maximum absolute atomic E-state index is 11.4. The monoisotopic (exact) mass is 342 g/mol. The van der Waals surface area contributed by atoms with Gasteiger partial charge in [0.25, 0.3) is 10.1 Å². The van der Waals surface area contributed by atoms with Crippen LogP contribution < -0.4 is 0 Å². The second-order valence-electron chi connectivity index (χ2n) is 5.18. The van der Waals surface area contributed by atoms with E-state index in [1.165, 1.54) is 0 Å². The van der Waals surface area contributed by atoms with E-state index < -0.39 is 10.1 Å². The molecule has 7 heteroatoms. The summed E-state index contributed by atoms with van der Waals surface area (Å²) in [5.74, 6) is 0. The SMILES string of the molecule is CS(=O)(=O)OC(CCc1ccc(Cl)cc1)CCn1ccnc1. The maximum Gasteiger partial charge on any atom is 0.264 e. The Morgan fingerprint density at radius 1 is 1.27 bits per heavy atom. The molecule has 0 spiro atoms. The van der Waals surface area contributed by atoms with E-state index in [-0.39, 0.29) is 6.10 Å². The fourth-order valence-electron chi connectivity index (χ4n) is 2.18. The van der Waals surface area contributed by atoms with Gasteiger partial charge in [0.2, 0.25) is 0 Å². The highest BCUT2D eigenvalue weighted by Gasteiger charge is 2.16. The third-order valence-electron chi connectivity index (χ3n) is 3.25. The van der Waals surface area contributed by atoms with Crippen molar-refractivity contribution >= 4 is 21.7 Å². The summed E-state index contributed by atoms with van der Waals surface area (Å²) in [6, 6.07) is 7.54. The largest absolute Gasteiger partial charge is 0.337 e. The van der Waals surface area contributed by atoms with Crippen LogP contribution in [0.25, 0.3) is 0 Å². The molecule has 1 aromatic heterocycles. The first-order chi connectivity index (χ1) is 10.4. The van der Waals surface area contributed by atoms with E-state index in [4.69, 9.17) is 15.8 Å². The molecule has 0 bridgehead atoms. The molecule has 0 N–H and O–H groups in total. The van der Waals surface area contributed by atoms with Crippen molar-refractivity contribution < 1.29 is 12.6 Å². The number of benzene rings is 1. The van der Waals surface area contributed by atoms with Crippen LogP contribution >= 0.6 is 11.6 Å². The lowest BCUT2D eigenvalue weighted by molar-refractivity contribution is 0.184. The van der Waals surface area contributed by atoms with Crippen molar-refractivity contribution in [3.05, 3.63) is 53.6 Å². The van der Waals surface area contributed by atoms with Gasteiger partial charge in [-0.05, 0) is 37.0 Å². The lowest BCUT2D eigenvalue weighted by atomic mass is 10.1. The summed E-state index contributed by atoms with van der Waals surface area (Å²) in [7, 11) is -3.47. The topological polar surface area (TPSA) is 61.2 Å². The first-order valence-electron chi connectivity index (χ1n) is 7.01. The number of halogens is 1. The number of imidazole rings is 1. The summed E-state index contributed by atoms with van der Waals surface area (Å²) < 4.78 is 29.9. The van der Waals surface area contributed by atoms with Gasteiger partial charge in [-0.2, -0.15) is 8.42 Å². The van der Waals surface area contributed by atoms with Gasteiger partial charge in [0.15, 0.2) is 0 Å². The lowest BCUT2D eigenvalue weighted by Crippen LogP contribution is -2.20. The lowest BCUT2D eigenvalue weighted by Gasteiger charge is -2.16. The first kappa shape index (κ1) is 17.0. The summed E-state index contributed by atoms with van der Waals surface area (Å²) in [6.07, 6.45) is 7.95. The first-order valence-corrected chi connectivity index (χ1v) is 9.20. The Balaban J connectivity index is 1.92. The molecule has 1 heterocycles. The van der Waals surface area contributed by atoms with Crippen molar-refractivity contribution in [3.8, 4) is 0 Å². The van der Waals surface area contributed by atoms with Crippen LogP contribution in [0.4, 0.5) is 0 Å². The summed E-state index contributed by atoms with van der Waals surface area (Å²) >= 11 is 5.86. The number of aryl methyl sites for hydroxylation is 2. The van der Waals surface area contributed by atoms with Crippen LogP contribution in [0.3, 0.4) is 0 Å². The maximum atomic E-state index is 11.4. The van der Waals surface area contributed by atoms with Crippen molar-refractivity contribution in [3.63, 3.8) is 0 Å². The smallest absolute Gasteiger partial charge is 0.264 e. The van der Waals surface area contributed by atoms with Gasteiger partial charge >= 0.3 is 0 Å². The minimum absolute atomic E-state index is 0.354. The van der Waals surface area contributed by atoms with E-state index in [0.29, 0.717) is 24.4 Å². The fraction of sp³-hybridized carbons (Fsp3) is 0.400. The van der Waals surface area contributed by atoms with E-state index in [2.05, 4.69) is 4.98 Å². The normalized spacial score (nSPS) is 13.2. The summed E-state index contributed by atoms with van der Waals surface area (Å²) in [5, 5.41) is 0.688. The number of rotatable bonds is 8. The molecule has 0 amide bonds. The Labute approximate surface area is 136 Å². The number of aromatic nitrogens is 2. The molecule has 1 atom stereocenters. The minimum Gasteiger partial charge on any atom is -0.337 e. The standard InChI is InChI=1S/C15H19ClN2O3S/c1-22(19,20)21-15(8-10-18-11-9-17-12-18)7-4-13-2-5-14(16)6-3-13/h2-3,5-6,9,11-12,15H,4,7-8,10H2,1H3. The molecular formula is C15H19ClN2O3S. The van der Waals surface area contributed by atoms with Crippen LogP contribution in [-0.4, -0.2) is 30.3 Å². The summed E-state index contributed by atoms with van der Waals surface area (Å²) in [4.78, 5) is 3.97. The van der Waals surface area contributed by atoms with Crippen molar-refractivity contribution in [2.45, 2.75) is 31.9 Å². The Kier molecular flexibility index (Phi) is 5.99. The molecule has 2 rings (SSSR count). The van der Waals surface area contributed by atoms with Gasteiger partial charge in [-0.1, -0.05) is 23.7 Å². The molecule has 22 heavy (non-hydrogen) atoms. The Hall–Kier alpha value is -1.37. The van der Waals surface area contributed by atoms with Crippen LogP contribution in [0.2, 0.25) is 5.02 Å². The Bertz CT molecular complexity index is 669. The molecule has 2 aromatic rings. The highest BCUT2D eigenvalue weighted by atomic mass is 35.5. The number of hydrogen-bond acceptors (Lipinski definition) is 4. The van der Waals surface area contributed by atoms with Crippen molar-refractivity contribution in [2.75, 3.05) is 6.26 Å². The zero-order valence-electron chi connectivity index (χ0n) is 12.4. The third kappa shape index (κ3) is 6.17. The van der Waals surface area contributed by atoms with Crippen molar-refractivity contribution in [1.82, 2.24) is 9.55 Å². The van der Waals surface area contributed by atoms with Gasteiger partial charge in [0.05, 0.1) is 18.7 Å². The van der Waals surface area contributed by atoms with Crippen LogP contribution in [0.5, 0.6) is 0 Å². The molecule has 1 unspecified atom stereocenters. The molecule has 0 aliphatic heterocycles. The summed E-state index contributed by atoms with van der Waals surface area (Å²) in [5.41, 5.74) is 1.11. The fourth-order valence-corrected chi connectivity index (χ4v) is 2.99. The van der Waals surface area contributed by atoms with Crippen molar-refractivity contribution in [2.24, 2.45) is 0 Å². The zero-order chi connectivity index (χ0) is 16.0. The molecule has 0 saturated carbocycles. The van der Waals surface area contributed by atoms with Gasteiger partial charge in [-0.15, -0.1) is 0 Å². The Morgan fingerprint density at radius 3 is 2.59 bits per heavy atom. The molecule has 1 aromatic carbocycles. The predicted octanol–water partition coefficient (Wildman–Crippen LogP) is 2.90. The third-order valence-corrected chi connectivity index (χ3v) is 4.12. The minimum atomic E-state index is -3.47. The molecule has 0 aliphatic rings. The predicted molar refractivity (Wildman–Crippen MR) is 86.3 cm³/mol. The van der Waals surface area contributed by atoms with Crippen LogP contribution in [0.15, 0.2) is 43.0 Å². The van der Waals surface area contributed by atoms with Crippen LogP contribution in [0.1, 0.15) is 18.4 Å². The molecule has 0 saturated heterocycles. The van der Waals surface area contributed by atoms with E-state index >= 15 is 0 Å². The van der Waals surface area contributed by atoms with E-state index in [1.54, 1.807) is 12.5 Å². The average Bonchev–Trinajstić information content (AvgIpc) is 2.95. The second-order valence-corrected chi connectivity index (χ2v) is 7.21. The van der Waals surface area contributed by atoms with Gasteiger partial charge in [-0.25, -0.2) is 4.98 Å². The molecular weight excluding hydrogens is 324 g/mol. The van der Waals surface area contributed by atoms with E-state index in [0.717, 1.165) is 18.2 Å². The molecule has 0 fully saturated rings. The number of hydrogen-bond donors (Lipinski definition) is 0. The average molecular weight is 343 g/mol. The van der Waals surface area contributed by atoms with Crippen LogP contribution in [0, 0.1) is 0 Å². The van der Waals surface area contributed by atoms with Gasteiger partial charge in [-0.3, -0.25) is 4.18 Å². The molecule has 5 nitrogen and oxygen atoms in total. The quantitative estimate of drug-likeness (QED) is 0.692. The van der Waals surface area contributed by atoms with E-state index in [1.807, 2.05) is 35.0 Å². The molecule has 0 radical (unpaired) electrons. The highest BCUT2D eigenvalue weighted by Crippen LogP contribution is 2.15. The highest BCUT2D eigenvalue weighted by molar-refractivity contribution is 7.86. The molecule has 0 aliphatic carbocycles.